The Morgan fingerprint density at radius 3 is 2.48 bits per heavy atom. The maximum atomic E-state index is 12.8. The van der Waals surface area contributed by atoms with Gasteiger partial charge in [-0.05, 0) is 40.2 Å². The lowest BCUT2D eigenvalue weighted by Crippen LogP contribution is -2.47. The van der Waals surface area contributed by atoms with Crippen LogP contribution in [0.1, 0.15) is 49.8 Å². The number of hydrogen-bond acceptors (Lipinski definition) is 3. The standard InChI is InChI=1S/C15H19BrN2O2S/c16-11-6-9-21-12(11)10-18-13(19)15(17-14(18)20)7-4-2-1-3-5-8-15/h6,9H,1-5,7-8,10H2,(H,17,20). The molecule has 2 fully saturated rings. The Kier molecular flexibility index (Phi) is 4.36. The molecule has 1 aromatic heterocycles. The minimum atomic E-state index is -0.638. The molecule has 0 atom stereocenters. The monoisotopic (exact) mass is 370 g/mol. The van der Waals surface area contributed by atoms with Crippen molar-refractivity contribution in [1.82, 2.24) is 10.2 Å². The van der Waals surface area contributed by atoms with E-state index in [1.807, 2.05) is 11.4 Å². The van der Waals surface area contributed by atoms with E-state index >= 15 is 0 Å². The molecule has 0 unspecified atom stereocenters. The predicted molar refractivity (Wildman–Crippen MR) is 86.2 cm³/mol. The van der Waals surface area contributed by atoms with Crippen LogP contribution in [-0.2, 0) is 11.3 Å². The molecule has 0 radical (unpaired) electrons. The molecule has 21 heavy (non-hydrogen) atoms. The van der Waals surface area contributed by atoms with Gasteiger partial charge in [0.15, 0.2) is 0 Å². The van der Waals surface area contributed by atoms with Gasteiger partial charge in [0.05, 0.1) is 6.54 Å². The molecule has 1 spiro atoms. The quantitative estimate of drug-likeness (QED) is 0.798. The normalized spacial score (nSPS) is 22.2. The van der Waals surface area contributed by atoms with Crippen molar-refractivity contribution in [2.75, 3.05) is 0 Å². The van der Waals surface area contributed by atoms with Crippen LogP contribution in [0.3, 0.4) is 0 Å². The number of urea groups is 1. The van der Waals surface area contributed by atoms with E-state index in [-0.39, 0.29) is 11.9 Å². The molecule has 114 valence electrons. The van der Waals surface area contributed by atoms with Gasteiger partial charge < -0.3 is 5.32 Å². The number of carbonyl (C=O) groups excluding carboxylic acids is 2. The van der Waals surface area contributed by atoms with Gasteiger partial charge in [0.1, 0.15) is 5.54 Å². The average Bonchev–Trinajstić information content (AvgIpc) is 2.92. The molecule has 3 rings (SSSR count). The fraction of sp³-hybridized carbons (Fsp3) is 0.600. The van der Waals surface area contributed by atoms with Crippen molar-refractivity contribution < 1.29 is 9.59 Å². The number of hydrogen-bond donors (Lipinski definition) is 1. The smallest absolute Gasteiger partial charge is 0.323 e. The summed E-state index contributed by atoms with van der Waals surface area (Å²) in [5.41, 5.74) is -0.638. The molecular weight excluding hydrogens is 352 g/mol. The first-order valence-electron chi connectivity index (χ1n) is 7.48. The lowest BCUT2D eigenvalue weighted by molar-refractivity contribution is -0.132. The molecule has 1 aromatic rings. The van der Waals surface area contributed by atoms with Crippen LogP contribution in [0.2, 0.25) is 0 Å². The second kappa shape index (κ2) is 6.08. The van der Waals surface area contributed by atoms with Gasteiger partial charge in [-0.1, -0.05) is 32.1 Å². The number of halogens is 1. The van der Waals surface area contributed by atoms with Crippen molar-refractivity contribution >= 4 is 39.2 Å². The summed E-state index contributed by atoms with van der Waals surface area (Å²) in [5, 5.41) is 4.96. The van der Waals surface area contributed by atoms with E-state index in [1.54, 1.807) is 11.3 Å². The number of rotatable bonds is 2. The Bertz CT molecular complexity index is 550. The molecule has 0 aromatic carbocycles. The minimum absolute atomic E-state index is 0.0327. The molecule has 1 saturated heterocycles. The Hall–Kier alpha value is -0.880. The summed E-state index contributed by atoms with van der Waals surface area (Å²) in [5.74, 6) is -0.0327. The lowest BCUT2D eigenvalue weighted by atomic mass is 9.84. The first kappa shape index (κ1) is 15.0. The van der Waals surface area contributed by atoms with Gasteiger partial charge >= 0.3 is 6.03 Å². The van der Waals surface area contributed by atoms with Gasteiger partial charge in [0, 0.05) is 9.35 Å². The number of carbonyl (C=O) groups is 2. The third-order valence-electron chi connectivity index (χ3n) is 4.45. The van der Waals surface area contributed by atoms with Gasteiger partial charge in [-0.25, -0.2) is 4.79 Å². The second-order valence-electron chi connectivity index (χ2n) is 5.86. The maximum Gasteiger partial charge on any atom is 0.325 e. The first-order chi connectivity index (χ1) is 10.1. The number of amides is 3. The summed E-state index contributed by atoms with van der Waals surface area (Å²) in [6.45, 7) is 0.366. The molecule has 2 aliphatic rings. The van der Waals surface area contributed by atoms with Crippen molar-refractivity contribution in [3.8, 4) is 0 Å². The van der Waals surface area contributed by atoms with Gasteiger partial charge in [0.25, 0.3) is 5.91 Å². The second-order valence-corrected chi connectivity index (χ2v) is 7.72. The summed E-state index contributed by atoms with van der Waals surface area (Å²) in [6, 6.07) is 1.71. The largest absolute Gasteiger partial charge is 0.325 e. The SMILES string of the molecule is O=C1NC2(CCCCCCC2)C(=O)N1Cc1sccc1Br. The highest BCUT2D eigenvalue weighted by Crippen LogP contribution is 2.34. The lowest BCUT2D eigenvalue weighted by Gasteiger charge is -2.28. The molecule has 4 nitrogen and oxygen atoms in total. The van der Waals surface area contributed by atoms with E-state index in [0.29, 0.717) is 6.54 Å². The molecule has 6 heteroatoms. The van der Waals surface area contributed by atoms with Crippen molar-refractivity contribution in [3.63, 3.8) is 0 Å². The predicted octanol–water partition coefficient (Wildman–Crippen LogP) is 4.05. The Balaban J connectivity index is 1.79. The Morgan fingerprint density at radius 1 is 1.19 bits per heavy atom. The first-order valence-corrected chi connectivity index (χ1v) is 9.16. The van der Waals surface area contributed by atoms with Crippen LogP contribution in [0, 0.1) is 0 Å². The van der Waals surface area contributed by atoms with Crippen LogP contribution in [0.4, 0.5) is 4.79 Å². The number of nitrogens with zero attached hydrogens (tertiary/aromatic N) is 1. The molecule has 2 heterocycles. The van der Waals surface area contributed by atoms with Crippen LogP contribution in [0.25, 0.3) is 0 Å². The summed E-state index contributed by atoms with van der Waals surface area (Å²) in [4.78, 5) is 27.5. The molecule has 1 N–H and O–H groups in total. The van der Waals surface area contributed by atoms with E-state index in [9.17, 15) is 9.59 Å². The number of imide groups is 1. The van der Waals surface area contributed by atoms with E-state index in [0.717, 1.165) is 47.9 Å². The Labute approximate surface area is 137 Å². The fourth-order valence-corrected chi connectivity index (χ4v) is 4.71. The zero-order valence-electron chi connectivity index (χ0n) is 11.9. The molecule has 1 aliphatic carbocycles. The van der Waals surface area contributed by atoms with Crippen LogP contribution >= 0.6 is 27.3 Å². The third kappa shape index (κ3) is 2.88. The van der Waals surface area contributed by atoms with Crippen LogP contribution in [-0.4, -0.2) is 22.4 Å². The van der Waals surface area contributed by atoms with Gasteiger partial charge in [-0.3, -0.25) is 9.69 Å². The minimum Gasteiger partial charge on any atom is -0.323 e. The fourth-order valence-electron chi connectivity index (χ4n) is 3.25. The highest BCUT2D eigenvalue weighted by molar-refractivity contribution is 9.10. The van der Waals surface area contributed by atoms with E-state index in [4.69, 9.17) is 0 Å². The van der Waals surface area contributed by atoms with Crippen LogP contribution in [0.15, 0.2) is 15.9 Å². The zero-order valence-corrected chi connectivity index (χ0v) is 14.3. The molecular formula is C15H19BrN2O2S. The summed E-state index contributed by atoms with van der Waals surface area (Å²) in [7, 11) is 0. The number of nitrogens with one attached hydrogen (secondary N) is 1. The topological polar surface area (TPSA) is 49.4 Å². The highest BCUT2D eigenvalue weighted by Gasteiger charge is 2.50. The third-order valence-corrected chi connectivity index (χ3v) is 6.36. The summed E-state index contributed by atoms with van der Waals surface area (Å²) in [6.07, 6.45) is 7.14. The van der Waals surface area contributed by atoms with E-state index in [1.165, 1.54) is 11.3 Å². The number of thiophene rings is 1. The van der Waals surface area contributed by atoms with Crippen molar-refractivity contribution in [2.45, 2.75) is 57.0 Å². The van der Waals surface area contributed by atoms with Crippen LogP contribution in [0.5, 0.6) is 0 Å². The van der Waals surface area contributed by atoms with E-state index < -0.39 is 5.54 Å². The molecule has 1 saturated carbocycles. The average molecular weight is 371 g/mol. The summed E-state index contributed by atoms with van der Waals surface area (Å²) >= 11 is 5.03. The molecule has 1 aliphatic heterocycles. The highest BCUT2D eigenvalue weighted by atomic mass is 79.9. The van der Waals surface area contributed by atoms with Gasteiger partial charge in [0.2, 0.25) is 0 Å². The van der Waals surface area contributed by atoms with E-state index in [2.05, 4.69) is 21.2 Å². The van der Waals surface area contributed by atoms with Crippen molar-refractivity contribution in [2.24, 2.45) is 0 Å². The van der Waals surface area contributed by atoms with Gasteiger partial charge in [-0.2, -0.15) is 0 Å². The van der Waals surface area contributed by atoms with Crippen LogP contribution < -0.4 is 5.32 Å². The van der Waals surface area contributed by atoms with Crippen molar-refractivity contribution in [1.29, 1.82) is 0 Å². The zero-order chi connectivity index (χ0) is 14.9. The molecule has 0 bridgehead atoms. The maximum absolute atomic E-state index is 12.8. The summed E-state index contributed by atoms with van der Waals surface area (Å²) < 4.78 is 0.965. The molecule has 3 amide bonds. The Morgan fingerprint density at radius 2 is 1.86 bits per heavy atom. The van der Waals surface area contributed by atoms with Crippen molar-refractivity contribution in [3.05, 3.63) is 20.8 Å². The van der Waals surface area contributed by atoms with Gasteiger partial charge in [-0.15, -0.1) is 11.3 Å².